The lowest BCUT2D eigenvalue weighted by molar-refractivity contribution is 0.0939. The minimum Gasteiger partial charge on any atom is -0.354 e. The summed E-state index contributed by atoms with van der Waals surface area (Å²) in [4.78, 5) is 20.6. The zero-order chi connectivity index (χ0) is 19.1. The lowest BCUT2D eigenvalue weighted by atomic mass is 10.1. The molecule has 1 unspecified atom stereocenters. The Morgan fingerprint density at radius 1 is 1.04 bits per heavy atom. The summed E-state index contributed by atoms with van der Waals surface area (Å²) >= 11 is 0. The van der Waals surface area contributed by atoms with E-state index in [4.69, 9.17) is 0 Å². The Kier molecular flexibility index (Phi) is 6.10. The van der Waals surface area contributed by atoms with Gasteiger partial charge in [0.05, 0.1) is 11.6 Å². The van der Waals surface area contributed by atoms with E-state index in [1.54, 1.807) is 18.2 Å². The van der Waals surface area contributed by atoms with Crippen molar-refractivity contribution in [1.82, 2.24) is 15.3 Å². The van der Waals surface area contributed by atoms with E-state index < -0.39 is 0 Å². The average molecular weight is 364 g/mol. The van der Waals surface area contributed by atoms with Crippen molar-refractivity contribution in [3.63, 3.8) is 0 Å². The molecule has 0 spiro atoms. The average Bonchev–Trinajstić information content (AvgIpc) is 2.70. The molecule has 3 aromatic rings. The molecule has 0 aliphatic rings. The standard InChI is InChI=1S/C21H21FN4O/c1-15(16-7-3-2-4-8-16)26-20(27)18-13-24-21(25-14-18)23-12-11-17-9-5-6-10-19(17)22/h2-10,13-15H,11-12H2,1H3,(H,26,27)(H,23,24,25). The molecule has 6 heteroatoms. The molecular formula is C21H21FN4O. The van der Waals surface area contributed by atoms with Crippen molar-refractivity contribution in [2.24, 2.45) is 0 Å². The highest BCUT2D eigenvalue weighted by Crippen LogP contribution is 2.12. The first-order valence-corrected chi connectivity index (χ1v) is 8.78. The maximum atomic E-state index is 13.6. The summed E-state index contributed by atoms with van der Waals surface area (Å²) in [5, 5.41) is 5.95. The second kappa shape index (κ2) is 8.89. The zero-order valence-corrected chi connectivity index (χ0v) is 15.0. The summed E-state index contributed by atoms with van der Waals surface area (Å²) in [7, 11) is 0. The summed E-state index contributed by atoms with van der Waals surface area (Å²) in [6.07, 6.45) is 3.48. The van der Waals surface area contributed by atoms with Gasteiger partial charge in [-0.1, -0.05) is 48.5 Å². The fourth-order valence-electron chi connectivity index (χ4n) is 2.65. The normalized spacial score (nSPS) is 11.6. The molecule has 5 nitrogen and oxygen atoms in total. The van der Waals surface area contributed by atoms with E-state index in [1.165, 1.54) is 18.5 Å². The minimum absolute atomic E-state index is 0.114. The van der Waals surface area contributed by atoms with Crippen LogP contribution in [-0.2, 0) is 6.42 Å². The fraction of sp³-hybridized carbons (Fsp3) is 0.190. The molecule has 0 aliphatic heterocycles. The monoisotopic (exact) mass is 364 g/mol. The summed E-state index contributed by atoms with van der Waals surface area (Å²) in [5.74, 6) is -0.0527. The Labute approximate surface area is 157 Å². The van der Waals surface area contributed by atoms with E-state index >= 15 is 0 Å². The Morgan fingerprint density at radius 2 is 1.70 bits per heavy atom. The molecule has 0 saturated carbocycles. The van der Waals surface area contributed by atoms with E-state index in [-0.39, 0.29) is 17.8 Å². The van der Waals surface area contributed by atoms with Gasteiger partial charge in [-0.2, -0.15) is 0 Å². The number of halogens is 1. The molecule has 0 bridgehead atoms. The number of amides is 1. The summed E-state index contributed by atoms with van der Waals surface area (Å²) in [5.41, 5.74) is 2.05. The van der Waals surface area contributed by atoms with Crippen molar-refractivity contribution < 1.29 is 9.18 Å². The Bertz CT molecular complexity index is 884. The molecule has 1 amide bonds. The SMILES string of the molecule is CC(NC(=O)c1cnc(NCCc2ccccc2F)nc1)c1ccccc1. The first-order valence-electron chi connectivity index (χ1n) is 8.78. The minimum atomic E-state index is -0.232. The number of rotatable bonds is 7. The highest BCUT2D eigenvalue weighted by molar-refractivity contribution is 5.93. The van der Waals surface area contributed by atoms with Crippen LogP contribution < -0.4 is 10.6 Å². The van der Waals surface area contributed by atoms with Crippen LogP contribution in [0.5, 0.6) is 0 Å². The van der Waals surface area contributed by atoms with E-state index in [2.05, 4.69) is 20.6 Å². The number of anilines is 1. The second-order valence-corrected chi connectivity index (χ2v) is 6.17. The topological polar surface area (TPSA) is 66.9 Å². The van der Waals surface area contributed by atoms with Crippen molar-refractivity contribution in [2.45, 2.75) is 19.4 Å². The second-order valence-electron chi connectivity index (χ2n) is 6.17. The van der Waals surface area contributed by atoms with Crippen molar-refractivity contribution in [3.8, 4) is 0 Å². The van der Waals surface area contributed by atoms with Crippen LogP contribution in [0.15, 0.2) is 67.0 Å². The number of aromatic nitrogens is 2. The van der Waals surface area contributed by atoms with Crippen LogP contribution in [0.3, 0.4) is 0 Å². The quantitative estimate of drug-likeness (QED) is 0.670. The molecule has 1 atom stereocenters. The summed E-state index contributed by atoms with van der Waals surface area (Å²) in [6.45, 7) is 2.42. The van der Waals surface area contributed by atoms with E-state index in [9.17, 15) is 9.18 Å². The number of nitrogens with one attached hydrogen (secondary N) is 2. The summed E-state index contributed by atoms with van der Waals surface area (Å²) < 4.78 is 13.6. The van der Waals surface area contributed by atoms with Gasteiger partial charge in [0.2, 0.25) is 5.95 Å². The van der Waals surface area contributed by atoms with Crippen molar-refractivity contribution in [1.29, 1.82) is 0 Å². The molecule has 138 valence electrons. The first kappa shape index (κ1) is 18.5. The first-order chi connectivity index (χ1) is 13.1. The molecule has 2 aromatic carbocycles. The maximum absolute atomic E-state index is 13.6. The molecule has 2 N–H and O–H groups in total. The van der Waals surface area contributed by atoms with E-state index in [1.807, 2.05) is 37.3 Å². The number of carbonyl (C=O) groups is 1. The highest BCUT2D eigenvalue weighted by Gasteiger charge is 2.12. The van der Waals surface area contributed by atoms with Crippen LogP contribution in [0.2, 0.25) is 0 Å². The molecule has 3 rings (SSSR count). The van der Waals surface area contributed by atoms with Crippen LogP contribution in [0.4, 0.5) is 10.3 Å². The molecule has 1 aromatic heterocycles. The molecule has 0 saturated heterocycles. The van der Waals surface area contributed by atoms with Crippen LogP contribution in [0.1, 0.15) is 34.5 Å². The van der Waals surface area contributed by atoms with Gasteiger partial charge >= 0.3 is 0 Å². The largest absolute Gasteiger partial charge is 0.354 e. The molecule has 0 radical (unpaired) electrons. The molecular weight excluding hydrogens is 343 g/mol. The third-order valence-corrected chi connectivity index (χ3v) is 4.20. The number of benzene rings is 2. The van der Waals surface area contributed by atoms with Crippen LogP contribution in [0.25, 0.3) is 0 Å². The Morgan fingerprint density at radius 3 is 2.41 bits per heavy atom. The zero-order valence-electron chi connectivity index (χ0n) is 15.0. The van der Waals surface area contributed by atoms with Gasteiger partial charge in [0.25, 0.3) is 5.91 Å². The van der Waals surface area contributed by atoms with Crippen LogP contribution >= 0.6 is 0 Å². The smallest absolute Gasteiger partial charge is 0.254 e. The van der Waals surface area contributed by atoms with Gasteiger partial charge in [-0.25, -0.2) is 14.4 Å². The van der Waals surface area contributed by atoms with E-state index in [0.29, 0.717) is 30.0 Å². The predicted molar refractivity (Wildman–Crippen MR) is 103 cm³/mol. The summed E-state index contributed by atoms with van der Waals surface area (Å²) in [6, 6.07) is 16.3. The Balaban J connectivity index is 1.52. The van der Waals surface area contributed by atoms with Gasteiger partial charge in [-0.3, -0.25) is 4.79 Å². The van der Waals surface area contributed by atoms with Gasteiger partial charge in [0.1, 0.15) is 5.82 Å². The number of carbonyl (C=O) groups excluding carboxylic acids is 1. The molecule has 1 heterocycles. The van der Waals surface area contributed by atoms with Gasteiger partial charge < -0.3 is 10.6 Å². The predicted octanol–water partition coefficient (Wildman–Crippen LogP) is 3.76. The number of hydrogen-bond acceptors (Lipinski definition) is 4. The number of nitrogens with zero attached hydrogens (tertiary/aromatic N) is 2. The molecule has 0 fully saturated rings. The lowest BCUT2D eigenvalue weighted by Gasteiger charge is -2.14. The third-order valence-electron chi connectivity index (χ3n) is 4.20. The Hall–Kier alpha value is -3.28. The third kappa shape index (κ3) is 5.10. The van der Waals surface area contributed by atoms with Crippen molar-refractivity contribution in [2.75, 3.05) is 11.9 Å². The van der Waals surface area contributed by atoms with Crippen molar-refractivity contribution >= 4 is 11.9 Å². The lowest BCUT2D eigenvalue weighted by Crippen LogP contribution is -2.27. The molecule has 27 heavy (non-hydrogen) atoms. The van der Waals surface area contributed by atoms with Crippen molar-refractivity contribution in [3.05, 3.63) is 89.5 Å². The van der Waals surface area contributed by atoms with E-state index in [0.717, 1.165) is 5.56 Å². The van der Waals surface area contributed by atoms with Gasteiger partial charge in [0.15, 0.2) is 0 Å². The van der Waals surface area contributed by atoms with Gasteiger partial charge in [0, 0.05) is 18.9 Å². The van der Waals surface area contributed by atoms with Crippen LogP contribution in [-0.4, -0.2) is 22.4 Å². The maximum Gasteiger partial charge on any atom is 0.254 e. The highest BCUT2D eigenvalue weighted by atomic mass is 19.1. The van der Waals surface area contributed by atoms with Gasteiger partial charge in [-0.15, -0.1) is 0 Å². The van der Waals surface area contributed by atoms with Crippen LogP contribution in [0, 0.1) is 5.82 Å². The molecule has 0 aliphatic carbocycles. The number of hydrogen-bond donors (Lipinski definition) is 2. The van der Waals surface area contributed by atoms with Gasteiger partial charge in [-0.05, 0) is 30.5 Å². The fourth-order valence-corrected chi connectivity index (χ4v) is 2.65.